The Morgan fingerprint density at radius 3 is 2.40 bits per heavy atom. The number of hydrogen-bond acceptors (Lipinski definition) is 4. The molecule has 0 spiro atoms. The van der Waals surface area contributed by atoms with Crippen molar-refractivity contribution in [1.29, 1.82) is 0 Å². The molecular formula is C22H20BrN3O3S. The Morgan fingerprint density at radius 2 is 1.67 bits per heavy atom. The van der Waals surface area contributed by atoms with Crippen LogP contribution in [-0.4, -0.2) is 35.7 Å². The van der Waals surface area contributed by atoms with Crippen molar-refractivity contribution in [3.8, 4) is 0 Å². The van der Waals surface area contributed by atoms with E-state index in [-0.39, 0.29) is 23.6 Å². The van der Waals surface area contributed by atoms with E-state index in [1.807, 2.05) is 42.5 Å². The predicted octanol–water partition coefficient (Wildman–Crippen LogP) is 3.98. The quantitative estimate of drug-likeness (QED) is 0.550. The predicted molar refractivity (Wildman–Crippen MR) is 120 cm³/mol. The summed E-state index contributed by atoms with van der Waals surface area (Å²) in [6.45, 7) is 1.01. The molecular weight excluding hydrogens is 466 g/mol. The fourth-order valence-electron chi connectivity index (χ4n) is 3.65. The van der Waals surface area contributed by atoms with Crippen LogP contribution in [0, 0.1) is 5.92 Å². The summed E-state index contributed by atoms with van der Waals surface area (Å²) in [6.07, 6.45) is 1.12. The molecule has 0 aliphatic carbocycles. The molecule has 4 rings (SSSR count). The van der Waals surface area contributed by atoms with Gasteiger partial charge >= 0.3 is 0 Å². The number of amides is 3. The molecule has 0 bridgehead atoms. The molecule has 6 nitrogen and oxygen atoms in total. The Kier molecular flexibility index (Phi) is 6.15. The second-order valence-electron chi connectivity index (χ2n) is 7.14. The van der Waals surface area contributed by atoms with Crippen LogP contribution in [0.2, 0.25) is 0 Å². The average molecular weight is 486 g/mol. The van der Waals surface area contributed by atoms with E-state index in [0.717, 1.165) is 14.6 Å². The van der Waals surface area contributed by atoms with E-state index in [2.05, 4.69) is 26.8 Å². The number of halogens is 1. The van der Waals surface area contributed by atoms with Gasteiger partial charge < -0.3 is 4.90 Å². The van der Waals surface area contributed by atoms with Gasteiger partial charge in [-0.3, -0.25) is 25.2 Å². The maximum absolute atomic E-state index is 13.0. The molecule has 0 saturated carbocycles. The molecule has 3 aromatic rings. The zero-order valence-electron chi connectivity index (χ0n) is 16.1. The fourth-order valence-corrected chi connectivity index (χ4v) is 4.93. The summed E-state index contributed by atoms with van der Waals surface area (Å²) in [7, 11) is 0. The monoisotopic (exact) mass is 485 g/mol. The van der Waals surface area contributed by atoms with E-state index in [1.54, 1.807) is 17.0 Å². The number of nitrogens with one attached hydrogen (secondary N) is 2. The first kappa shape index (κ1) is 20.6. The average Bonchev–Trinajstić information content (AvgIpc) is 3.23. The summed E-state index contributed by atoms with van der Waals surface area (Å²) < 4.78 is 0.849. The van der Waals surface area contributed by atoms with Gasteiger partial charge in [-0.2, -0.15) is 0 Å². The van der Waals surface area contributed by atoms with E-state index in [4.69, 9.17) is 0 Å². The third-order valence-corrected chi connectivity index (χ3v) is 6.89. The largest absolute Gasteiger partial charge is 0.339 e. The van der Waals surface area contributed by atoms with Gasteiger partial charge in [0, 0.05) is 24.6 Å². The van der Waals surface area contributed by atoms with Gasteiger partial charge in [-0.15, -0.1) is 11.3 Å². The minimum Gasteiger partial charge on any atom is -0.339 e. The Hall–Kier alpha value is -2.71. The van der Waals surface area contributed by atoms with Gasteiger partial charge in [-0.25, -0.2) is 0 Å². The molecule has 1 aromatic heterocycles. The summed E-state index contributed by atoms with van der Waals surface area (Å²) in [5.41, 5.74) is 5.65. The number of carbonyl (C=O) groups excluding carboxylic acids is 3. The summed E-state index contributed by atoms with van der Waals surface area (Å²) in [5.74, 6) is -0.821. The highest BCUT2D eigenvalue weighted by Gasteiger charge is 2.28. The van der Waals surface area contributed by atoms with Crippen LogP contribution >= 0.6 is 27.3 Å². The molecule has 1 fully saturated rings. The third-order valence-electron chi connectivity index (χ3n) is 5.27. The van der Waals surface area contributed by atoms with Crippen LogP contribution in [0.4, 0.5) is 0 Å². The van der Waals surface area contributed by atoms with Crippen molar-refractivity contribution in [1.82, 2.24) is 15.8 Å². The van der Waals surface area contributed by atoms with Gasteiger partial charge in [-0.1, -0.05) is 36.4 Å². The Morgan fingerprint density at radius 1 is 0.933 bits per heavy atom. The lowest BCUT2D eigenvalue weighted by atomic mass is 9.95. The Labute approximate surface area is 186 Å². The van der Waals surface area contributed by atoms with Crippen LogP contribution in [0.25, 0.3) is 10.8 Å². The maximum Gasteiger partial charge on any atom is 0.279 e. The summed E-state index contributed by atoms with van der Waals surface area (Å²) in [4.78, 5) is 39.8. The van der Waals surface area contributed by atoms with Crippen LogP contribution in [0.5, 0.6) is 0 Å². The number of carbonyl (C=O) groups is 3. The number of likely N-dealkylation sites (tertiary alicyclic amines) is 1. The van der Waals surface area contributed by atoms with Gasteiger partial charge in [0.1, 0.15) is 0 Å². The number of hydrazine groups is 1. The van der Waals surface area contributed by atoms with Crippen molar-refractivity contribution in [2.24, 2.45) is 5.92 Å². The van der Waals surface area contributed by atoms with E-state index < -0.39 is 0 Å². The molecule has 0 atom stereocenters. The van der Waals surface area contributed by atoms with E-state index >= 15 is 0 Å². The lowest BCUT2D eigenvalue weighted by molar-refractivity contribution is -0.127. The lowest BCUT2D eigenvalue weighted by Gasteiger charge is -2.31. The topological polar surface area (TPSA) is 78.5 Å². The Balaban J connectivity index is 1.32. The van der Waals surface area contributed by atoms with Crippen LogP contribution in [-0.2, 0) is 4.79 Å². The van der Waals surface area contributed by atoms with Crippen molar-refractivity contribution in [2.45, 2.75) is 12.8 Å². The van der Waals surface area contributed by atoms with E-state index in [1.165, 1.54) is 11.3 Å². The van der Waals surface area contributed by atoms with Crippen molar-refractivity contribution in [3.05, 3.63) is 68.8 Å². The second-order valence-corrected chi connectivity index (χ2v) is 9.60. The Bertz CT molecular complexity index is 1100. The SMILES string of the molecule is O=C(NNC(=O)C1CCN(C(=O)c2cccc3ccccc23)CC1)c1ccc(Br)s1. The lowest BCUT2D eigenvalue weighted by Crippen LogP contribution is -2.48. The summed E-state index contributed by atoms with van der Waals surface area (Å²) in [6, 6.07) is 17.0. The number of fused-ring (bicyclic) bond motifs is 1. The minimum atomic E-state index is -0.345. The molecule has 0 unspecified atom stereocenters. The number of thiophene rings is 1. The first-order chi connectivity index (χ1) is 14.5. The molecule has 1 saturated heterocycles. The van der Waals surface area contributed by atoms with Crippen molar-refractivity contribution >= 4 is 55.8 Å². The first-order valence-corrected chi connectivity index (χ1v) is 11.3. The molecule has 0 radical (unpaired) electrons. The van der Waals surface area contributed by atoms with Crippen LogP contribution in [0.3, 0.4) is 0 Å². The first-order valence-electron chi connectivity index (χ1n) is 9.65. The van der Waals surface area contributed by atoms with Crippen molar-refractivity contribution < 1.29 is 14.4 Å². The highest BCUT2D eigenvalue weighted by atomic mass is 79.9. The highest BCUT2D eigenvalue weighted by Crippen LogP contribution is 2.24. The summed E-state index contributed by atoms with van der Waals surface area (Å²) in [5, 5.41) is 1.97. The minimum absolute atomic E-state index is 0.0118. The molecule has 8 heteroatoms. The molecule has 3 amide bonds. The number of nitrogens with zero attached hydrogens (tertiary/aromatic N) is 1. The zero-order valence-corrected chi connectivity index (χ0v) is 18.5. The maximum atomic E-state index is 13.0. The molecule has 154 valence electrons. The number of rotatable bonds is 3. The molecule has 2 heterocycles. The molecule has 2 aromatic carbocycles. The third kappa shape index (κ3) is 4.39. The van der Waals surface area contributed by atoms with Gasteiger partial charge in [0.2, 0.25) is 5.91 Å². The van der Waals surface area contributed by atoms with Crippen LogP contribution in [0.15, 0.2) is 58.4 Å². The smallest absolute Gasteiger partial charge is 0.279 e. The molecule has 1 aliphatic rings. The van der Waals surface area contributed by atoms with Crippen LogP contribution < -0.4 is 10.9 Å². The van der Waals surface area contributed by atoms with Gasteiger partial charge in [0.25, 0.3) is 11.8 Å². The highest BCUT2D eigenvalue weighted by molar-refractivity contribution is 9.11. The van der Waals surface area contributed by atoms with E-state index in [0.29, 0.717) is 36.4 Å². The molecule has 2 N–H and O–H groups in total. The molecule has 1 aliphatic heterocycles. The fraction of sp³-hybridized carbons (Fsp3) is 0.227. The van der Waals surface area contributed by atoms with Gasteiger partial charge in [0.15, 0.2) is 0 Å². The summed E-state index contributed by atoms with van der Waals surface area (Å²) >= 11 is 4.60. The van der Waals surface area contributed by atoms with Crippen molar-refractivity contribution in [3.63, 3.8) is 0 Å². The van der Waals surface area contributed by atoms with Gasteiger partial charge in [0.05, 0.1) is 8.66 Å². The number of benzene rings is 2. The van der Waals surface area contributed by atoms with Crippen LogP contribution in [0.1, 0.15) is 32.9 Å². The zero-order chi connectivity index (χ0) is 21.1. The number of piperidine rings is 1. The second kappa shape index (κ2) is 8.97. The van der Waals surface area contributed by atoms with Crippen molar-refractivity contribution in [2.75, 3.05) is 13.1 Å². The number of hydrogen-bond donors (Lipinski definition) is 2. The standard InChI is InChI=1S/C22H20BrN3O3S/c23-19-9-8-18(30-19)21(28)25-24-20(27)15-10-12-26(13-11-15)22(29)17-7-3-5-14-4-1-2-6-16(14)17/h1-9,15H,10-13H2,(H,24,27)(H,25,28). The normalized spacial score (nSPS) is 14.5. The van der Waals surface area contributed by atoms with E-state index in [9.17, 15) is 14.4 Å². The van der Waals surface area contributed by atoms with Gasteiger partial charge in [-0.05, 0) is 57.7 Å². The molecule has 30 heavy (non-hydrogen) atoms.